The standard InChI is InChI=1S/C18H13N3S2/c1-12-5-7-13(8-6-12)14-10-22-17-16(14)18(21-11-20-17)23-15-4-2-3-9-19-15/h2-11H,1H3. The lowest BCUT2D eigenvalue weighted by molar-refractivity contribution is 1.08. The van der Waals surface area contributed by atoms with Gasteiger partial charge < -0.3 is 0 Å². The summed E-state index contributed by atoms with van der Waals surface area (Å²) in [7, 11) is 0. The molecule has 0 unspecified atom stereocenters. The van der Waals surface area contributed by atoms with Crippen LogP contribution in [-0.2, 0) is 0 Å². The number of benzene rings is 1. The molecule has 3 aromatic heterocycles. The molecule has 112 valence electrons. The van der Waals surface area contributed by atoms with Crippen LogP contribution in [0, 0.1) is 6.92 Å². The lowest BCUT2D eigenvalue weighted by Gasteiger charge is -2.05. The predicted molar refractivity (Wildman–Crippen MR) is 95.9 cm³/mol. The monoisotopic (exact) mass is 335 g/mol. The first-order valence-electron chi connectivity index (χ1n) is 7.19. The topological polar surface area (TPSA) is 38.7 Å². The highest BCUT2D eigenvalue weighted by Gasteiger charge is 2.14. The Bertz CT molecular complexity index is 947. The van der Waals surface area contributed by atoms with Gasteiger partial charge in [-0.1, -0.05) is 35.9 Å². The molecule has 0 amide bonds. The van der Waals surface area contributed by atoms with Crippen LogP contribution in [0.1, 0.15) is 5.56 Å². The number of hydrogen-bond acceptors (Lipinski definition) is 5. The molecule has 5 heteroatoms. The maximum atomic E-state index is 4.50. The largest absolute Gasteiger partial charge is 0.250 e. The highest BCUT2D eigenvalue weighted by atomic mass is 32.2. The van der Waals surface area contributed by atoms with Crippen LogP contribution >= 0.6 is 23.1 Å². The SMILES string of the molecule is Cc1ccc(-c2csc3ncnc(Sc4ccccn4)c23)cc1. The number of hydrogen-bond donors (Lipinski definition) is 0. The molecule has 4 aromatic rings. The molecule has 0 bridgehead atoms. The van der Waals surface area contributed by atoms with E-state index in [1.807, 2.05) is 18.2 Å². The smallest absolute Gasteiger partial charge is 0.128 e. The maximum Gasteiger partial charge on any atom is 0.128 e. The van der Waals surface area contributed by atoms with E-state index in [4.69, 9.17) is 0 Å². The summed E-state index contributed by atoms with van der Waals surface area (Å²) in [6, 6.07) is 14.5. The number of nitrogens with zero attached hydrogens (tertiary/aromatic N) is 3. The van der Waals surface area contributed by atoms with Gasteiger partial charge in [0, 0.05) is 17.1 Å². The number of thiophene rings is 1. The molecule has 0 radical (unpaired) electrons. The van der Waals surface area contributed by atoms with Gasteiger partial charge in [-0.25, -0.2) is 15.0 Å². The molecule has 0 fully saturated rings. The Morgan fingerprint density at radius 3 is 2.61 bits per heavy atom. The van der Waals surface area contributed by atoms with Crippen LogP contribution in [0.25, 0.3) is 21.3 Å². The van der Waals surface area contributed by atoms with Gasteiger partial charge in [0.15, 0.2) is 0 Å². The number of pyridine rings is 1. The van der Waals surface area contributed by atoms with Gasteiger partial charge in [-0.2, -0.15) is 0 Å². The minimum Gasteiger partial charge on any atom is -0.250 e. The lowest BCUT2D eigenvalue weighted by atomic mass is 10.1. The number of rotatable bonds is 3. The highest BCUT2D eigenvalue weighted by molar-refractivity contribution is 7.99. The molecule has 0 aliphatic heterocycles. The predicted octanol–water partition coefficient (Wildman–Crippen LogP) is 5.21. The molecule has 0 aliphatic rings. The Hall–Kier alpha value is -2.24. The summed E-state index contributed by atoms with van der Waals surface area (Å²) >= 11 is 3.23. The Balaban J connectivity index is 1.85. The van der Waals surface area contributed by atoms with Gasteiger partial charge in [-0.15, -0.1) is 11.3 Å². The first-order valence-corrected chi connectivity index (χ1v) is 8.89. The number of aryl methyl sites for hydroxylation is 1. The second kappa shape index (κ2) is 6.10. The third-order valence-electron chi connectivity index (χ3n) is 3.54. The molecule has 3 heterocycles. The summed E-state index contributed by atoms with van der Waals surface area (Å²) in [6.45, 7) is 2.10. The lowest BCUT2D eigenvalue weighted by Crippen LogP contribution is -1.87. The van der Waals surface area contributed by atoms with Crippen molar-refractivity contribution in [2.45, 2.75) is 17.0 Å². The fourth-order valence-corrected chi connectivity index (χ4v) is 4.22. The van der Waals surface area contributed by atoms with Gasteiger partial charge >= 0.3 is 0 Å². The van der Waals surface area contributed by atoms with Crippen molar-refractivity contribution in [1.82, 2.24) is 15.0 Å². The second-order valence-corrected chi connectivity index (χ2v) is 7.01. The van der Waals surface area contributed by atoms with E-state index in [1.165, 1.54) is 16.7 Å². The van der Waals surface area contributed by atoms with E-state index < -0.39 is 0 Å². The summed E-state index contributed by atoms with van der Waals surface area (Å²) in [4.78, 5) is 14.3. The summed E-state index contributed by atoms with van der Waals surface area (Å²) < 4.78 is 0. The Kier molecular flexibility index (Phi) is 3.81. The fourth-order valence-electron chi connectivity index (χ4n) is 2.38. The van der Waals surface area contributed by atoms with E-state index in [0.29, 0.717) is 0 Å². The van der Waals surface area contributed by atoms with Crippen molar-refractivity contribution in [1.29, 1.82) is 0 Å². The molecular weight excluding hydrogens is 322 g/mol. The number of aromatic nitrogens is 3. The van der Waals surface area contributed by atoms with Crippen molar-refractivity contribution >= 4 is 33.3 Å². The molecule has 0 saturated heterocycles. The van der Waals surface area contributed by atoms with E-state index in [1.54, 1.807) is 35.6 Å². The van der Waals surface area contributed by atoms with Crippen LogP contribution in [0.2, 0.25) is 0 Å². The molecule has 0 atom stereocenters. The number of fused-ring (bicyclic) bond motifs is 1. The molecule has 0 aliphatic carbocycles. The first kappa shape index (κ1) is 14.4. The average Bonchev–Trinajstić information content (AvgIpc) is 3.02. The van der Waals surface area contributed by atoms with Crippen molar-refractivity contribution < 1.29 is 0 Å². The van der Waals surface area contributed by atoms with E-state index >= 15 is 0 Å². The van der Waals surface area contributed by atoms with E-state index in [2.05, 4.69) is 51.5 Å². The molecule has 0 saturated carbocycles. The van der Waals surface area contributed by atoms with Crippen molar-refractivity contribution in [3.8, 4) is 11.1 Å². The van der Waals surface area contributed by atoms with E-state index in [-0.39, 0.29) is 0 Å². The Morgan fingerprint density at radius 1 is 0.957 bits per heavy atom. The quantitative estimate of drug-likeness (QED) is 0.482. The van der Waals surface area contributed by atoms with E-state index in [0.717, 1.165) is 20.3 Å². The fraction of sp³-hybridized carbons (Fsp3) is 0.0556. The highest BCUT2D eigenvalue weighted by Crippen LogP contribution is 2.39. The molecule has 1 aromatic carbocycles. The Labute approximate surface area is 142 Å². The zero-order valence-corrected chi connectivity index (χ0v) is 14.1. The summed E-state index contributed by atoms with van der Waals surface area (Å²) in [5, 5.41) is 5.16. The van der Waals surface area contributed by atoms with Crippen molar-refractivity contribution in [2.75, 3.05) is 0 Å². The summed E-state index contributed by atoms with van der Waals surface area (Å²) in [5.41, 5.74) is 3.64. The molecular formula is C18H13N3S2. The van der Waals surface area contributed by atoms with Gasteiger partial charge in [-0.3, -0.25) is 0 Å². The minimum atomic E-state index is 0.938. The van der Waals surface area contributed by atoms with Crippen molar-refractivity contribution in [2.24, 2.45) is 0 Å². The van der Waals surface area contributed by atoms with Gasteiger partial charge in [-0.05, 0) is 36.4 Å². The summed E-state index contributed by atoms with van der Waals surface area (Å²) in [6.07, 6.45) is 3.43. The molecule has 0 N–H and O–H groups in total. The van der Waals surface area contributed by atoms with Crippen LogP contribution in [0.3, 0.4) is 0 Å². The van der Waals surface area contributed by atoms with Crippen LogP contribution in [0.15, 0.2) is 70.4 Å². The second-order valence-electron chi connectivity index (χ2n) is 5.14. The summed E-state index contributed by atoms with van der Waals surface area (Å²) in [5.74, 6) is 0. The van der Waals surface area contributed by atoms with Crippen molar-refractivity contribution in [3.63, 3.8) is 0 Å². The van der Waals surface area contributed by atoms with Gasteiger partial charge in [0.05, 0.1) is 5.39 Å². The van der Waals surface area contributed by atoms with Gasteiger partial charge in [0.2, 0.25) is 0 Å². The Morgan fingerprint density at radius 2 is 1.83 bits per heavy atom. The maximum absolute atomic E-state index is 4.50. The zero-order valence-electron chi connectivity index (χ0n) is 12.4. The molecule has 4 rings (SSSR count). The van der Waals surface area contributed by atoms with Crippen LogP contribution in [0.5, 0.6) is 0 Å². The minimum absolute atomic E-state index is 0.938. The average molecular weight is 335 g/mol. The van der Waals surface area contributed by atoms with Gasteiger partial charge in [0.1, 0.15) is 21.2 Å². The molecule has 3 nitrogen and oxygen atoms in total. The van der Waals surface area contributed by atoms with Crippen molar-refractivity contribution in [3.05, 3.63) is 65.9 Å². The van der Waals surface area contributed by atoms with Crippen LogP contribution < -0.4 is 0 Å². The molecule has 23 heavy (non-hydrogen) atoms. The van der Waals surface area contributed by atoms with E-state index in [9.17, 15) is 0 Å². The zero-order chi connectivity index (χ0) is 15.6. The normalized spacial score (nSPS) is 11.0. The van der Waals surface area contributed by atoms with Gasteiger partial charge in [0.25, 0.3) is 0 Å². The third kappa shape index (κ3) is 2.85. The third-order valence-corrected chi connectivity index (χ3v) is 5.38. The van der Waals surface area contributed by atoms with Crippen LogP contribution in [-0.4, -0.2) is 15.0 Å². The first-order chi connectivity index (χ1) is 11.3. The molecule has 0 spiro atoms. The van der Waals surface area contributed by atoms with Crippen LogP contribution in [0.4, 0.5) is 0 Å².